The van der Waals surface area contributed by atoms with Crippen LogP contribution in [0.25, 0.3) is 11.1 Å². The zero-order valence-electron chi connectivity index (χ0n) is 20.6. The smallest absolute Gasteiger partial charge is 0.228 e. The van der Waals surface area contributed by atoms with E-state index in [9.17, 15) is 4.79 Å². The average Bonchev–Trinajstić information content (AvgIpc) is 2.81. The zero-order chi connectivity index (χ0) is 23.8. The highest BCUT2D eigenvalue weighted by molar-refractivity contribution is 5.84. The van der Waals surface area contributed by atoms with Gasteiger partial charge in [0.25, 0.3) is 0 Å². The van der Waals surface area contributed by atoms with Gasteiger partial charge in [0.1, 0.15) is 6.54 Å². The quantitative estimate of drug-likeness (QED) is 0.557. The van der Waals surface area contributed by atoms with Gasteiger partial charge in [-0.05, 0) is 47.1 Å². The van der Waals surface area contributed by atoms with Gasteiger partial charge in [-0.1, -0.05) is 64.1 Å². The Bertz CT molecular complexity index is 937. The molecule has 0 aliphatic carbocycles. The Morgan fingerprint density at radius 1 is 0.970 bits per heavy atom. The first-order valence-electron chi connectivity index (χ1n) is 12.2. The number of nitrogens with one attached hydrogen (secondary N) is 1. The molecule has 5 nitrogen and oxygen atoms in total. The summed E-state index contributed by atoms with van der Waals surface area (Å²) in [5, 5.41) is 11.6. The number of amides is 1. The van der Waals surface area contributed by atoms with Crippen molar-refractivity contribution in [2.75, 3.05) is 44.2 Å². The van der Waals surface area contributed by atoms with Crippen molar-refractivity contribution in [2.45, 2.75) is 40.0 Å². The SMILES string of the molecule is CC(C)C[C@@H](C(=O)NCC#N)c1cccc(-c2ccc(N3CCN(CC(C)C)CC3)cc2)c1. The Labute approximate surface area is 199 Å². The van der Waals surface area contributed by atoms with Crippen LogP contribution in [0, 0.1) is 23.2 Å². The molecule has 0 radical (unpaired) electrons. The summed E-state index contributed by atoms with van der Waals surface area (Å²) in [4.78, 5) is 17.7. The van der Waals surface area contributed by atoms with Crippen LogP contribution >= 0.6 is 0 Å². The van der Waals surface area contributed by atoms with Crippen LogP contribution in [0.15, 0.2) is 48.5 Å². The summed E-state index contributed by atoms with van der Waals surface area (Å²) in [7, 11) is 0. The monoisotopic (exact) mass is 446 g/mol. The lowest BCUT2D eigenvalue weighted by molar-refractivity contribution is -0.122. The fraction of sp³-hybridized carbons (Fsp3) is 0.500. The molecule has 1 fully saturated rings. The maximum Gasteiger partial charge on any atom is 0.228 e. The van der Waals surface area contributed by atoms with Gasteiger partial charge in [-0.25, -0.2) is 0 Å². The van der Waals surface area contributed by atoms with Crippen molar-refractivity contribution < 1.29 is 4.79 Å². The molecule has 1 amide bonds. The Morgan fingerprint density at radius 3 is 2.27 bits per heavy atom. The van der Waals surface area contributed by atoms with E-state index in [2.05, 4.69) is 79.2 Å². The van der Waals surface area contributed by atoms with Crippen LogP contribution in [0.3, 0.4) is 0 Å². The summed E-state index contributed by atoms with van der Waals surface area (Å²) < 4.78 is 0. The Hall–Kier alpha value is -2.84. The van der Waals surface area contributed by atoms with E-state index in [1.54, 1.807) is 0 Å². The summed E-state index contributed by atoms with van der Waals surface area (Å²) in [5.41, 5.74) is 4.54. The molecule has 1 aliphatic heterocycles. The summed E-state index contributed by atoms with van der Waals surface area (Å²) in [5.74, 6) is 0.769. The number of nitrogens with zero attached hydrogens (tertiary/aromatic N) is 3. The molecule has 5 heteroatoms. The third kappa shape index (κ3) is 7.07. The Kier molecular flexibility index (Phi) is 8.91. The van der Waals surface area contributed by atoms with E-state index in [1.165, 1.54) is 12.2 Å². The Morgan fingerprint density at radius 2 is 1.67 bits per heavy atom. The molecule has 0 bridgehead atoms. The van der Waals surface area contributed by atoms with Crippen molar-refractivity contribution in [3.05, 3.63) is 54.1 Å². The zero-order valence-corrected chi connectivity index (χ0v) is 20.6. The highest BCUT2D eigenvalue weighted by Crippen LogP contribution is 2.30. The molecule has 0 unspecified atom stereocenters. The average molecular weight is 447 g/mol. The maximum atomic E-state index is 12.7. The number of carbonyl (C=O) groups is 1. The van der Waals surface area contributed by atoms with Crippen LogP contribution in [0.4, 0.5) is 5.69 Å². The van der Waals surface area contributed by atoms with Gasteiger partial charge in [-0.3, -0.25) is 9.69 Å². The van der Waals surface area contributed by atoms with Gasteiger partial charge in [-0.2, -0.15) is 5.26 Å². The fourth-order valence-corrected chi connectivity index (χ4v) is 4.62. The van der Waals surface area contributed by atoms with E-state index >= 15 is 0 Å². The summed E-state index contributed by atoms with van der Waals surface area (Å²) in [6.07, 6.45) is 0.752. The van der Waals surface area contributed by atoms with Crippen LogP contribution < -0.4 is 10.2 Å². The van der Waals surface area contributed by atoms with Crippen molar-refractivity contribution in [1.29, 1.82) is 5.26 Å². The van der Waals surface area contributed by atoms with Crippen LogP contribution in [0.5, 0.6) is 0 Å². The summed E-state index contributed by atoms with van der Waals surface area (Å²) in [6.45, 7) is 14.4. The van der Waals surface area contributed by atoms with E-state index in [1.807, 2.05) is 18.2 Å². The first-order valence-corrected chi connectivity index (χ1v) is 12.2. The van der Waals surface area contributed by atoms with Gasteiger partial charge in [-0.15, -0.1) is 0 Å². The molecule has 0 spiro atoms. The van der Waals surface area contributed by atoms with E-state index in [-0.39, 0.29) is 18.4 Å². The number of benzene rings is 2. The predicted molar refractivity (Wildman–Crippen MR) is 136 cm³/mol. The summed E-state index contributed by atoms with van der Waals surface area (Å²) >= 11 is 0. The Balaban J connectivity index is 1.72. The topological polar surface area (TPSA) is 59.4 Å². The number of hydrogen-bond donors (Lipinski definition) is 1. The van der Waals surface area contributed by atoms with Gasteiger partial charge in [0.15, 0.2) is 0 Å². The molecule has 33 heavy (non-hydrogen) atoms. The van der Waals surface area contributed by atoms with Gasteiger partial charge >= 0.3 is 0 Å². The van der Waals surface area contributed by atoms with Gasteiger partial charge < -0.3 is 10.2 Å². The first kappa shape index (κ1) is 24.8. The first-order chi connectivity index (χ1) is 15.9. The van der Waals surface area contributed by atoms with Crippen molar-refractivity contribution in [1.82, 2.24) is 10.2 Å². The van der Waals surface area contributed by atoms with E-state index < -0.39 is 0 Å². The second kappa shape index (κ2) is 11.9. The molecular formula is C28H38N4O. The number of carbonyl (C=O) groups excluding carboxylic acids is 1. The van der Waals surface area contributed by atoms with E-state index in [0.717, 1.165) is 49.3 Å². The van der Waals surface area contributed by atoms with Crippen molar-refractivity contribution in [2.24, 2.45) is 11.8 Å². The van der Waals surface area contributed by atoms with Gasteiger partial charge in [0, 0.05) is 38.4 Å². The molecule has 1 aliphatic rings. The minimum atomic E-state index is -0.250. The molecule has 1 atom stereocenters. The molecule has 2 aromatic carbocycles. The summed E-state index contributed by atoms with van der Waals surface area (Å²) in [6, 6.07) is 19.1. The molecule has 176 valence electrons. The fourth-order valence-electron chi connectivity index (χ4n) is 4.62. The third-order valence-corrected chi connectivity index (χ3v) is 6.22. The molecule has 1 heterocycles. The molecule has 0 aromatic heterocycles. The lowest BCUT2D eigenvalue weighted by Gasteiger charge is -2.36. The highest BCUT2D eigenvalue weighted by atomic mass is 16.1. The van der Waals surface area contributed by atoms with Crippen LogP contribution in [0.2, 0.25) is 0 Å². The number of nitriles is 1. The highest BCUT2D eigenvalue weighted by Gasteiger charge is 2.22. The van der Waals surface area contributed by atoms with Crippen LogP contribution in [-0.2, 0) is 4.79 Å². The molecule has 2 aromatic rings. The molecule has 3 rings (SSSR count). The largest absolute Gasteiger partial charge is 0.369 e. The van der Waals surface area contributed by atoms with Crippen molar-refractivity contribution >= 4 is 11.6 Å². The number of anilines is 1. The van der Waals surface area contributed by atoms with Crippen molar-refractivity contribution in [3.63, 3.8) is 0 Å². The molecule has 1 N–H and O–H groups in total. The van der Waals surface area contributed by atoms with Gasteiger partial charge in [0.2, 0.25) is 5.91 Å². The predicted octanol–water partition coefficient (Wildman–Crippen LogP) is 4.90. The number of rotatable bonds is 9. The third-order valence-electron chi connectivity index (χ3n) is 6.22. The second-order valence-electron chi connectivity index (χ2n) is 9.91. The normalized spacial score (nSPS) is 15.5. The van der Waals surface area contributed by atoms with Crippen LogP contribution in [-0.4, -0.2) is 50.1 Å². The minimum Gasteiger partial charge on any atom is -0.369 e. The maximum absolute atomic E-state index is 12.7. The lowest BCUT2D eigenvalue weighted by atomic mass is 9.88. The molecule has 0 saturated carbocycles. The second-order valence-corrected chi connectivity index (χ2v) is 9.91. The van der Waals surface area contributed by atoms with E-state index in [4.69, 9.17) is 5.26 Å². The lowest BCUT2D eigenvalue weighted by Crippen LogP contribution is -2.47. The standard InChI is InChI=1S/C28H38N4O/c1-21(2)18-27(28(33)30-13-12-29)25-7-5-6-24(19-25)23-8-10-26(11-9-23)32-16-14-31(15-17-32)20-22(3)4/h5-11,19,21-22,27H,13-18,20H2,1-4H3,(H,30,33)/t27-/m1/s1. The molecular weight excluding hydrogens is 408 g/mol. The van der Waals surface area contributed by atoms with Crippen molar-refractivity contribution in [3.8, 4) is 17.2 Å². The van der Waals surface area contributed by atoms with Crippen LogP contribution in [0.1, 0.15) is 45.6 Å². The van der Waals surface area contributed by atoms with E-state index in [0.29, 0.717) is 11.8 Å². The minimum absolute atomic E-state index is 0.0420. The number of hydrogen-bond acceptors (Lipinski definition) is 4. The van der Waals surface area contributed by atoms with Gasteiger partial charge in [0.05, 0.1) is 12.0 Å². The molecule has 1 saturated heterocycles. The number of piperazine rings is 1.